The first-order chi connectivity index (χ1) is 10.9. The molecule has 0 aliphatic rings. The molecular formula is C15H12Cl2N2O4. The fourth-order valence-corrected chi connectivity index (χ4v) is 2.53. The van der Waals surface area contributed by atoms with Crippen LogP contribution in [0.5, 0.6) is 0 Å². The average Bonchev–Trinajstić information content (AvgIpc) is 2.49. The molecule has 0 unspecified atom stereocenters. The van der Waals surface area contributed by atoms with Crippen LogP contribution in [0.4, 0.5) is 11.4 Å². The maximum Gasteiger partial charge on any atom is 0.335 e. The van der Waals surface area contributed by atoms with Crippen molar-refractivity contribution in [2.45, 2.75) is 6.42 Å². The van der Waals surface area contributed by atoms with Gasteiger partial charge >= 0.3 is 5.97 Å². The lowest BCUT2D eigenvalue weighted by Crippen LogP contribution is -2.08. The van der Waals surface area contributed by atoms with Gasteiger partial charge in [0.2, 0.25) is 0 Å². The molecule has 0 aliphatic carbocycles. The van der Waals surface area contributed by atoms with Gasteiger partial charge in [0.05, 0.1) is 10.5 Å². The van der Waals surface area contributed by atoms with E-state index in [2.05, 4.69) is 5.32 Å². The predicted octanol–water partition coefficient (Wildman–Crippen LogP) is 4.25. The summed E-state index contributed by atoms with van der Waals surface area (Å²) >= 11 is 11.9. The van der Waals surface area contributed by atoms with E-state index in [1.807, 2.05) is 0 Å². The van der Waals surface area contributed by atoms with Crippen LogP contribution in [-0.4, -0.2) is 22.5 Å². The topological polar surface area (TPSA) is 92.5 Å². The Morgan fingerprint density at radius 1 is 1.22 bits per heavy atom. The first-order valence-electron chi connectivity index (χ1n) is 6.58. The van der Waals surface area contributed by atoms with Crippen molar-refractivity contribution in [1.29, 1.82) is 0 Å². The Hall–Kier alpha value is -2.31. The van der Waals surface area contributed by atoms with Gasteiger partial charge in [-0.05, 0) is 36.2 Å². The molecule has 0 amide bonds. The number of carboxylic acids is 1. The number of nitrogens with zero attached hydrogens (tertiary/aromatic N) is 1. The van der Waals surface area contributed by atoms with Crippen molar-refractivity contribution < 1.29 is 14.8 Å². The molecule has 2 aromatic carbocycles. The van der Waals surface area contributed by atoms with Crippen molar-refractivity contribution in [2.24, 2.45) is 0 Å². The van der Waals surface area contributed by atoms with Gasteiger partial charge in [0.25, 0.3) is 5.69 Å². The molecule has 23 heavy (non-hydrogen) atoms. The third-order valence-corrected chi connectivity index (χ3v) is 3.75. The lowest BCUT2D eigenvalue weighted by atomic mass is 10.1. The Kier molecular flexibility index (Phi) is 5.41. The molecule has 0 radical (unpaired) electrons. The summed E-state index contributed by atoms with van der Waals surface area (Å²) in [5, 5.41) is 23.9. The van der Waals surface area contributed by atoms with Crippen LogP contribution in [0, 0.1) is 10.1 Å². The first kappa shape index (κ1) is 17.1. The van der Waals surface area contributed by atoms with Crippen LogP contribution in [0.1, 0.15) is 15.9 Å². The smallest absolute Gasteiger partial charge is 0.335 e. The third-order valence-electron chi connectivity index (χ3n) is 3.17. The summed E-state index contributed by atoms with van der Waals surface area (Å²) in [6.45, 7) is 0.352. The Labute approximate surface area is 141 Å². The summed E-state index contributed by atoms with van der Waals surface area (Å²) in [5.41, 5.74) is 0.778. The first-order valence-corrected chi connectivity index (χ1v) is 7.33. The number of anilines is 1. The summed E-state index contributed by atoms with van der Waals surface area (Å²) in [4.78, 5) is 21.4. The molecule has 0 spiro atoms. The molecular weight excluding hydrogens is 343 g/mol. The SMILES string of the molecule is O=C(O)c1ccc([N+](=O)[O-])c(NCCc2ccc(Cl)cc2Cl)c1. The van der Waals surface area contributed by atoms with E-state index >= 15 is 0 Å². The van der Waals surface area contributed by atoms with E-state index in [0.29, 0.717) is 23.0 Å². The van der Waals surface area contributed by atoms with Gasteiger partial charge in [0.1, 0.15) is 5.69 Å². The summed E-state index contributed by atoms with van der Waals surface area (Å²) in [5.74, 6) is -1.15. The minimum absolute atomic E-state index is 0.0253. The van der Waals surface area contributed by atoms with Gasteiger partial charge in [-0.3, -0.25) is 10.1 Å². The van der Waals surface area contributed by atoms with Gasteiger partial charge in [-0.1, -0.05) is 29.3 Å². The number of hydrogen-bond donors (Lipinski definition) is 2. The zero-order valence-corrected chi connectivity index (χ0v) is 13.3. The molecule has 0 bridgehead atoms. The highest BCUT2D eigenvalue weighted by Gasteiger charge is 2.16. The van der Waals surface area contributed by atoms with Crippen molar-refractivity contribution in [1.82, 2.24) is 0 Å². The number of rotatable bonds is 6. The minimum Gasteiger partial charge on any atom is -0.478 e. The molecule has 0 fully saturated rings. The quantitative estimate of drug-likeness (QED) is 0.597. The highest BCUT2D eigenvalue weighted by molar-refractivity contribution is 6.35. The van der Waals surface area contributed by atoms with E-state index in [9.17, 15) is 14.9 Å². The number of nitro benzene ring substituents is 1. The Balaban J connectivity index is 2.14. The average molecular weight is 355 g/mol. The van der Waals surface area contributed by atoms with Crippen molar-refractivity contribution in [3.05, 3.63) is 67.7 Å². The summed E-state index contributed by atoms with van der Waals surface area (Å²) in [7, 11) is 0. The van der Waals surface area contributed by atoms with Crippen molar-refractivity contribution >= 4 is 40.5 Å². The monoisotopic (exact) mass is 354 g/mol. The van der Waals surface area contributed by atoms with E-state index < -0.39 is 10.9 Å². The second-order valence-corrected chi connectivity index (χ2v) is 5.55. The number of hydrogen-bond acceptors (Lipinski definition) is 4. The molecule has 120 valence electrons. The van der Waals surface area contributed by atoms with Crippen LogP contribution >= 0.6 is 23.2 Å². The maximum absolute atomic E-state index is 11.0. The molecule has 0 saturated heterocycles. The third kappa shape index (κ3) is 4.34. The molecule has 0 heterocycles. The summed E-state index contributed by atoms with van der Waals surface area (Å²) in [6.07, 6.45) is 0.504. The molecule has 2 N–H and O–H groups in total. The number of nitrogens with one attached hydrogen (secondary N) is 1. The standard InChI is InChI=1S/C15H12Cl2N2O4/c16-11-3-1-9(12(17)8-11)5-6-18-13-7-10(15(20)21)2-4-14(13)19(22)23/h1-4,7-8,18H,5-6H2,(H,20,21). The molecule has 0 atom stereocenters. The zero-order valence-electron chi connectivity index (χ0n) is 11.8. The molecule has 2 rings (SSSR count). The fourth-order valence-electron chi connectivity index (χ4n) is 2.03. The van der Waals surface area contributed by atoms with Gasteiger partial charge in [-0.25, -0.2) is 4.79 Å². The van der Waals surface area contributed by atoms with E-state index in [1.165, 1.54) is 18.2 Å². The Morgan fingerprint density at radius 2 is 1.96 bits per heavy atom. The van der Waals surface area contributed by atoms with E-state index in [4.69, 9.17) is 28.3 Å². The van der Waals surface area contributed by atoms with Crippen LogP contribution in [0.3, 0.4) is 0 Å². The van der Waals surface area contributed by atoms with Crippen molar-refractivity contribution in [3.63, 3.8) is 0 Å². The minimum atomic E-state index is -1.15. The second kappa shape index (κ2) is 7.30. The van der Waals surface area contributed by atoms with Crippen molar-refractivity contribution in [3.8, 4) is 0 Å². The molecule has 0 aromatic heterocycles. The van der Waals surface area contributed by atoms with E-state index in [0.717, 1.165) is 5.56 Å². The molecule has 6 nitrogen and oxygen atoms in total. The van der Waals surface area contributed by atoms with Gasteiger partial charge in [-0.15, -0.1) is 0 Å². The normalized spacial score (nSPS) is 10.3. The summed E-state index contributed by atoms with van der Waals surface area (Å²) < 4.78 is 0. The van der Waals surface area contributed by atoms with E-state index in [1.54, 1.807) is 18.2 Å². The number of carbonyl (C=O) groups is 1. The zero-order chi connectivity index (χ0) is 17.0. The van der Waals surface area contributed by atoms with Crippen LogP contribution in [-0.2, 0) is 6.42 Å². The van der Waals surface area contributed by atoms with Gasteiger partial charge in [0, 0.05) is 22.7 Å². The maximum atomic E-state index is 11.0. The van der Waals surface area contributed by atoms with Gasteiger partial charge in [-0.2, -0.15) is 0 Å². The Morgan fingerprint density at radius 3 is 2.57 bits per heavy atom. The highest BCUT2D eigenvalue weighted by Crippen LogP contribution is 2.26. The van der Waals surface area contributed by atoms with Crippen LogP contribution in [0.15, 0.2) is 36.4 Å². The van der Waals surface area contributed by atoms with Crippen LogP contribution in [0.2, 0.25) is 10.0 Å². The molecule has 8 heteroatoms. The number of halogens is 2. The Bertz CT molecular complexity index is 765. The lowest BCUT2D eigenvalue weighted by molar-refractivity contribution is -0.384. The number of aromatic carboxylic acids is 1. The fraction of sp³-hybridized carbons (Fsp3) is 0.133. The lowest BCUT2D eigenvalue weighted by Gasteiger charge is -2.09. The molecule has 2 aromatic rings. The second-order valence-electron chi connectivity index (χ2n) is 4.71. The van der Waals surface area contributed by atoms with E-state index in [-0.39, 0.29) is 16.9 Å². The number of benzene rings is 2. The van der Waals surface area contributed by atoms with Gasteiger partial charge < -0.3 is 10.4 Å². The molecule has 0 aliphatic heterocycles. The number of carboxylic acid groups (broad SMARTS) is 1. The largest absolute Gasteiger partial charge is 0.478 e. The highest BCUT2D eigenvalue weighted by atomic mass is 35.5. The van der Waals surface area contributed by atoms with Crippen LogP contribution in [0.25, 0.3) is 0 Å². The summed E-state index contributed by atoms with van der Waals surface area (Å²) in [6, 6.07) is 8.70. The van der Waals surface area contributed by atoms with Crippen LogP contribution < -0.4 is 5.32 Å². The number of nitro groups is 1. The van der Waals surface area contributed by atoms with Gasteiger partial charge in [0.15, 0.2) is 0 Å². The predicted molar refractivity (Wildman–Crippen MR) is 88.7 cm³/mol. The van der Waals surface area contributed by atoms with Crippen molar-refractivity contribution in [2.75, 3.05) is 11.9 Å². The molecule has 0 saturated carbocycles.